The second-order valence-corrected chi connectivity index (χ2v) is 8.94. The van der Waals surface area contributed by atoms with Crippen LogP contribution in [0.5, 0.6) is 5.75 Å². The Balaban J connectivity index is 2.20. The summed E-state index contributed by atoms with van der Waals surface area (Å²) in [4.78, 5) is 12.9. The van der Waals surface area contributed by atoms with Crippen LogP contribution in [0, 0.1) is 6.92 Å². The number of hydrogen-bond donors (Lipinski definition) is 2. The van der Waals surface area contributed by atoms with Gasteiger partial charge in [-0.3, -0.25) is 4.79 Å². The van der Waals surface area contributed by atoms with Crippen LogP contribution in [0.1, 0.15) is 44.2 Å². The zero-order valence-electron chi connectivity index (χ0n) is 18.0. The van der Waals surface area contributed by atoms with E-state index < -0.39 is 16.1 Å². The fraction of sp³-hybridized carbons (Fsp3) is 0.435. The molecular weight excluding hydrogens is 400 g/mol. The quantitative estimate of drug-likeness (QED) is 0.502. The Morgan fingerprint density at radius 1 is 1.07 bits per heavy atom. The van der Waals surface area contributed by atoms with Crippen molar-refractivity contribution in [2.75, 3.05) is 13.2 Å². The molecule has 7 heteroatoms. The topological polar surface area (TPSA) is 84.5 Å². The van der Waals surface area contributed by atoms with Gasteiger partial charge in [-0.05, 0) is 56.0 Å². The van der Waals surface area contributed by atoms with Crippen molar-refractivity contribution in [2.24, 2.45) is 0 Å². The van der Waals surface area contributed by atoms with Crippen LogP contribution < -0.4 is 14.8 Å². The number of rotatable bonds is 12. The van der Waals surface area contributed by atoms with E-state index in [0.717, 1.165) is 30.4 Å². The highest BCUT2D eigenvalue weighted by molar-refractivity contribution is 7.89. The molecule has 2 rings (SSSR count). The summed E-state index contributed by atoms with van der Waals surface area (Å²) in [5.74, 6) is 0.326. The molecule has 0 spiro atoms. The maximum Gasteiger partial charge on any atom is 0.241 e. The van der Waals surface area contributed by atoms with Gasteiger partial charge < -0.3 is 10.1 Å². The minimum atomic E-state index is -3.88. The van der Waals surface area contributed by atoms with Crippen LogP contribution in [0.15, 0.2) is 53.4 Å². The minimum Gasteiger partial charge on any atom is -0.494 e. The van der Waals surface area contributed by atoms with E-state index in [1.54, 1.807) is 19.1 Å². The zero-order chi connectivity index (χ0) is 22.0. The van der Waals surface area contributed by atoms with Crippen molar-refractivity contribution >= 4 is 15.9 Å². The molecule has 0 aliphatic heterocycles. The van der Waals surface area contributed by atoms with E-state index >= 15 is 0 Å². The fourth-order valence-electron chi connectivity index (χ4n) is 3.11. The molecule has 2 aromatic carbocycles. The molecule has 0 aromatic heterocycles. The molecule has 30 heavy (non-hydrogen) atoms. The summed E-state index contributed by atoms with van der Waals surface area (Å²) in [6.45, 7) is 6.79. The van der Waals surface area contributed by atoms with Gasteiger partial charge in [-0.2, -0.15) is 4.72 Å². The summed E-state index contributed by atoms with van der Waals surface area (Å²) in [6.07, 6.45) is 3.20. The molecule has 0 aliphatic carbocycles. The molecule has 164 valence electrons. The molecule has 2 N–H and O–H groups in total. The van der Waals surface area contributed by atoms with Gasteiger partial charge >= 0.3 is 0 Å². The number of aryl methyl sites for hydroxylation is 1. The van der Waals surface area contributed by atoms with Gasteiger partial charge in [-0.25, -0.2) is 8.42 Å². The lowest BCUT2D eigenvalue weighted by Gasteiger charge is -2.19. The Morgan fingerprint density at radius 3 is 2.43 bits per heavy atom. The second-order valence-electron chi connectivity index (χ2n) is 7.22. The fourth-order valence-corrected chi connectivity index (χ4v) is 4.39. The third-order valence-electron chi connectivity index (χ3n) is 4.73. The van der Waals surface area contributed by atoms with Crippen LogP contribution in [0.2, 0.25) is 0 Å². The molecule has 1 amide bonds. The number of nitrogens with one attached hydrogen (secondary N) is 2. The first-order valence-corrected chi connectivity index (χ1v) is 11.9. The SMILES string of the molecule is CCCCCNC(=O)C(Cc1ccccc1)NS(=O)(=O)c1ccc(OCC)c(C)c1. The van der Waals surface area contributed by atoms with Crippen LogP contribution >= 0.6 is 0 Å². The lowest BCUT2D eigenvalue weighted by atomic mass is 10.1. The molecule has 2 aromatic rings. The Hall–Kier alpha value is -2.38. The van der Waals surface area contributed by atoms with E-state index in [0.29, 0.717) is 18.9 Å². The Labute approximate surface area is 180 Å². The van der Waals surface area contributed by atoms with Gasteiger partial charge in [-0.15, -0.1) is 0 Å². The van der Waals surface area contributed by atoms with Gasteiger partial charge in [0.2, 0.25) is 15.9 Å². The molecule has 0 bridgehead atoms. The number of sulfonamides is 1. The maximum absolute atomic E-state index is 13.0. The standard InChI is InChI=1S/C23H32N2O4S/c1-4-6-10-15-24-23(26)21(17-19-11-8-7-9-12-19)25-30(27,28)20-13-14-22(29-5-2)18(3)16-20/h7-9,11-14,16,21,25H,4-6,10,15,17H2,1-3H3,(H,24,26). The first-order chi connectivity index (χ1) is 14.4. The van der Waals surface area contributed by atoms with Crippen LogP contribution in [0.25, 0.3) is 0 Å². The summed E-state index contributed by atoms with van der Waals surface area (Å²) in [5.41, 5.74) is 1.61. The van der Waals surface area contributed by atoms with Gasteiger partial charge in [0.15, 0.2) is 0 Å². The number of benzene rings is 2. The Kier molecular flexibility index (Phi) is 9.33. The zero-order valence-corrected chi connectivity index (χ0v) is 18.8. The Bertz CT molecular complexity index is 914. The predicted octanol–water partition coefficient (Wildman–Crippen LogP) is 3.59. The van der Waals surface area contributed by atoms with E-state index in [4.69, 9.17) is 4.74 Å². The third kappa shape index (κ3) is 7.15. The van der Waals surface area contributed by atoms with Crippen LogP contribution in [0.4, 0.5) is 0 Å². The maximum atomic E-state index is 13.0. The third-order valence-corrected chi connectivity index (χ3v) is 6.20. The van der Waals surface area contributed by atoms with Crippen molar-refractivity contribution in [2.45, 2.75) is 57.4 Å². The molecule has 0 saturated carbocycles. The number of amides is 1. The highest BCUT2D eigenvalue weighted by Crippen LogP contribution is 2.22. The lowest BCUT2D eigenvalue weighted by Crippen LogP contribution is -2.48. The van der Waals surface area contributed by atoms with Gasteiger partial charge in [0.1, 0.15) is 11.8 Å². The molecule has 0 heterocycles. The van der Waals surface area contributed by atoms with E-state index in [2.05, 4.69) is 17.0 Å². The highest BCUT2D eigenvalue weighted by atomic mass is 32.2. The molecule has 6 nitrogen and oxygen atoms in total. The van der Waals surface area contributed by atoms with E-state index in [-0.39, 0.29) is 17.2 Å². The van der Waals surface area contributed by atoms with Crippen molar-refractivity contribution in [1.82, 2.24) is 10.0 Å². The van der Waals surface area contributed by atoms with Crippen LogP contribution in [-0.4, -0.2) is 33.5 Å². The molecule has 1 atom stereocenters. The summed E-state index contributed by atoms with van der Waals surface area (Å²) in [5, 5.41) is 2.86. The van der Waals surface area contributed by atoms with Gasteiger partial charge in [-0.1, -0.05) is 50.1 Å². The van der Waals surface area contributed by atoms with Crippen molar-refractivity contribution in [3.05, 3.63) is 59.7 Å². The molecule has 1 unspecified atom stereocenters. The first-order valence-electron chi connectivity index (χ1n) is 10.4. The first kappa shape index (κ1) is 23.9. The average Bonchev–Trinajstić information content (AvgIpc) is 2.72. The van der Waals surface area contributed by atoms with E-state index in [1.807, 2.05) is 37.3 Å². The molecule has 0 aliphatic rings. The van der Waals surface area contributed by atoms with Crippen molar-refractivity contribution in [1.29, 1.82) is 0 Å². The monoisotopic (exact) mass is 432 g/mol. The normalized spacial score (nSPS) is 12.4. The van der Waals surface area contributed by atoms with Crippen LogP contribution in [0.3, 0.4) is 0 Å². The molecule has 0 fully saturated rings. The van der Waals surface area contributed by atoms with Crippen molar-refractivity contribution < 1.29 is 17.9 Å². The van der Waals surface area contributed by atoms with E-state index in [9.17, 15) is 13.2 Å². The summed E-state index contributed by atoms with van der Waals surface area (Å²) >= 11 is 0. The number of carbonyl (C=O) groups is 1. The molecule has 0 saturated heterocycles. The lowest BCUT2D eigenvalue weighted by molar-refractivity contribution is -0.122. The number of ether oxygens (including phenoxy) is 1. The highest BCUT2D eigenvalue weighted by Gasteiger charge is 2.26. The smallest absolute Gasteiger partial charge is 0.241 e. The average molecular weight is 433 g/mol. The molecule has 0 radical (unpaired) electrons. The van der Waals surface area contributed by atoms with Crippen molar-refractivity contribution in [3.63, 3.8) is 0 Å². The van der Waals surface area contributed by atoms with Gasteiger partial charge in [0.25, 0.3) is 0 Å². The van der Waals surface area contributed by atoms with Crippen molar-refractivity contribution in [3.8, 4) is 5.75 Å². The molecular formula is C23H32N2O4S. The minimum absolute atomic E-state index is 0.111. The Morgan fingerprint density at radius 2 is 1.80 bits per heavy atom. The number of unbranched alkanes of at least 4 members (excludes halogenated alkanes) is 2. The predicted molar refractivity (Wildman–Crippen MR) is 119 cm³/mol. The van der Waals surface area contributed by atoms with E-state index in [1.165, 1.54) is 6.07 Å². The summed E-state index contributed by atoms with van der Waals surface area (Å²) in [7, 11) is -3.88. The van der Waals surface area contributed by atoms with Gasteiger partial charge in [0, 0.05) is 6.54 Å². The van der Waals surface area contributed by atoms with Gasteiger partial charge in [0.05, 0.1) is 11.5 Å². The second kappa shape index (κ2) is 11.7. The number of hydrogen-bond acceptors (Lipinski definition) is 4. The largest absolute Gasteiger partial charge is 0.494 e. The van der Waals surface area contributed by atoms with Crippen LogP contribution in [-0.2, 0) is 21.2 Å². The summed E-state index contributed by atoms with van der Waals surface area (Å²) < 4.78 is 34.1. The summed E-state index contributed by atoms with van der Waals surface area (Å²) in [6, 6.07) is 13.2. The number of carbonyl (C=O) groups excluding carboxylic acids is 1.